The van der Waals surface area contributed by atoms with Gasteiger partial charge >= 0.3 is 0 Å². The maximum atomic E-state index is 13.3. The molecule has 140 valence electrons. The third-order valence-electron chi connectivity index (χ3n) is 3.64. The molecule has 5 nitrogen and oxygen atoms in total. The van der Waals surface area contributed by atoms with Crippen LogP contribution in [0.1, 0.15) is 25.0 Å². The monoisotopic (exact) mass is 359 g/mol. The van der Waals surface area contributed by atoms with E-state index in [-0.39, 0.29) is 5.82 Å². The van der Waals surface area contributed by atoms with Gasteiger partial charge in [-0.05, 0) is 49.2 Å². The van der Waals surface area contributed by atoms with Gasteiger partial charge in [0.15, 0.2) is 17.5 Å². The van der Waals surface area contributed by atoms with Crippen LogP contribution in [0.5, 0.6) is 11.5 Å². The molecule has 0 fully saturated rings. The summed E-state index contributed by atoms with van der Waals surface area (Å²) in [5.74, 6) is 1.85. The van der Waals surface area contributed by atoms with E-state index in [2.05, 4.69) is 15.6 Å². The van der Waals surface area contributed by atoms with Crippen molar-refractivity contribution in [2.45, 2.75) is 26.9 Å². The molecule has 0 amide bonds. The van der Waals surface area contributed by atoms with Crippen LogP contribution >= 0.6 is 0 Å². The summed E-state index contributed by atoms with van der Waals surface area (Å²) in [7, 11) is 1.62. The second-order valence-corrected chi connectivity index (χ2v) is 5.60. The fourth-order valence-electron chi connectivity index (χ4n) is 2.43. The maximum Gasteiger partial charge on any atom is 0.191 e. The predicted octanol–water partition coefficient (Wildman–Crippen LogP) is 3.49. The van der Waals surface area contributed by atoms with E-state index in [4.69, 9.17) is 9.47 Å². The molecule has 0 saturated heterocycles. The molecule has 0 unspecified atom stereocenters. The summed E-state index contributed by atoms with van der Waals surface area (Å²) < 4.78 is 24.2. The van der Waals surface area contributed by atoms with E-state index in [1.54, 1.807) is 13.2 Å². The number of nitrogens with one attached hydrogen (secondary N) is 2. The number of benzene rings is 2. The average molecular weight is 359 g/mol. The number of hydrogen-bond donors (Lipinski definition) is 2. The first-order valence-corrected chi connectivity index (χ1v) is 8.72. The summed E-state index contributed by atoms with van der Waals surface area (Å²) in [5, 5.41) is 6.47. The minimum atomic E-state index is -0.252. The number of guanidine groups is 1. The summed E-state index contributed by atoms with van der Waals surface area (Å²) in [5.41, 5.74) is 1.87. The number of aliphatic imine (C=N–C) groups is 1. The molecular weight excluding hydrogens is 333 g/mol. The van der Waals surface area contributed by atoms with Gasteiger partial charge in [-0.1, -0.05) is 18.2 Å². The zero-order chi connectivity index (χ0) is 18.8. The highest BCUT2D eigenvalue weighted by Gasteiger charge is 2.06. The molecule has 0 aliphatic carbocycles. The Morgan fingerprint density at radius 1 is 1.04 bits per heavy atom. The van der Waals surface area contributed by atoms with Crippen molar-refractivity contribution in [2.75, 3.05) is 20.3 Å². The lowest BCUT2D eigenvalue weighted by Crippen LogP contribution is -2.36. The van der Waals surface area contributed by atoms with Gasteiger partial charge in [0, 0.05) is 13.1 Å². The fourth-order valence-corrected chi connectivity index (χ4v) is 2.43. The zero-order valence-electron chi connectivity index (χ0n) is 15.5. The Morgan fingerprint density at radius 3 is 2.58 bits per heavy atom. The van der Waals surface area contributed by atoms with Gasteiger partial charge in [-0.2, -0.15) is 0 Å². The maximum absolute atomic E-state index is 13.3. The van der Waals surface area contributed by atoms with Crippen molar-refractivity contribution in [3.8, 4) is 11.5 Å². The summed E-state index contributed by atoms with van der Waals surface area (Å²) >= 11 is 0. The lowest BCUT2D eigenvalue weighted by atomic mass is 10.2. The zero-order valence-corrected chi connectivity index (χ0v) is 15.5. The van der Waals surface area contributed by atoms with Crippen LogP contribution in [-0.4, -0.2) is 26.2 Å². The molecule has 0 spiro atoms. The molecule has 0 bridgehead atoms. The predicted molar refractivity (Wildman–Crippen MR) is 102 cm³/mol. The number of nitrogens with zero attached hydrogens (tertiary/aromatic N) is 1. The van der Waals surface area contributed by atoms with Gasteiger partial charge in [0.05, 0.1) is 20.3 Å². The van der Waals surface area contributed by atoms with Gasteiger partial charge < -0.3 is 20.1 Å². The first-order chi connectivity index (χ1) is 12.7. The summed E-state index contributed by atoms with van der Waals surface area (Å²) in [6.07, 6.45) is 0. The third-order valence-corrected chi connectivity index (χ3v) is 3.64. The van der Waals surface area contributed by atoms with E-state index in [0.717, 1.165) is 23.4 Å². The van der Waals surface area contributed by atoms with Crippen molar-refractivity contribution in [1.29, 1.82) is 0 Å². The van der Waals surface area contributed by atoms with Crippen LogP contribution in [0.15, 0.2) is 47.5 Å². The van der Waals surface area contributed by atoms with Gasteiger partial charge in [-0.3, -0.25) is 0 Å². The second-order valence-electron chi connectivity index (χ2n) is 5.60. The largest absolute Gasteiger partial charge is 0.493 e. The van der Waals surface area contributed by atoms with Crippen molar-refractivity contribution in [3.05, 3.63) is 59.4 Å². The lowest BCUT2D eigenvalue weighted by molar-refractivity contribution is 0.310. The molecule has 0 aromatic heterocycles. The van der Waals surface area contributed by atoms with Crippen LogP contribution in [-0.2, 0) is 13.1 Å². The molecule has 2 rings (SSSR count). The summed E-state index contributed by atoms with van der Waals surface area (Å²) in [4.78, 5) is 4.50. The van der Waals surface area contributed by atoms with Crippen LogP contribution in [0.25, 0.3) is 0 Å². The summed E-state index contributed by atoms with van der Waals surface area (Å²) in [6, 6.07) is 12.3. The van der Waals surface area contributed by atoms with Crippen LogP contribution in [0.3, 0.4) is 0 Å². The van der Waals surface area contributed by atoms with Crippen LogP contribution < -0.4 is 20.1 Å². The topological polar surface area (TPSA) is 54.9 Å². The third kappa shape index (κ3) is 5.95. The van der Waals surface area contributed by atoms with Crippen LogP contribution in [0, 0.1) is 5.82 Å². The molecular formula is C20H26FN3O2. The number of methoxy groups -OCH3 is 1. The molecule has 6 heteroatoms. The van der Waals surface area contributed by atoms with Crippen LogP contribution in [0.4, 0.5) is 4.39 Å². The normalized spacial score (nSPS) is 11.2. The minimum absolute atomic E-state index is 0.252. The van der Waals surface area contributed by atoms with E-state index in [9.17, 15) is 4.39 Å². The van der Waals surface area contributed by atoms with Crippen molar-refractivity contribution >= 4 is 5.96 Å². The van der Waals surface area contributed by atoms with Gasteiger partial charge in [0.1, 0.15) is 5.82 Å². The van der Waals surface area contributed by atoms with Crippen molar-refractivity contribution in [1.82, 2.24) is 10.6 Å². The number of hydrogen-bond acceptors (Lipinski definition) is 3. The quantitative estimate of drug-likeness (QED) is 0.560. The van der Waals surface area contributed by atoms with Gasteiger partial charge in [-0.25, -0.2) is 9.38 Å². The Balaban J connectivity index is 2.03. The van der Waals surface area contributed by atoms with Gasteiger partial charge in [0.25, 0.3) is 0 Å². The number of halogens is 1. The Labute approximate surface area is 154 Å². The fraction of sp³-hybridized carbons (Fsp3) is 0.350. The average Bonchev–Trinajstić information content (AvgIpc) is 2.64. The first kappa shape index (κ1) is 19.6. The van der Waals surface area contributed by atoms with E-state index in [1.165, 1.54) is 12.1 Å². The molecule has 2 N–H and O–H groups in total. The Morgan fingerprint density at radius 2 is 1.88 bits per heavy atom. The lowest BCUT2D eigenvalue weighted by Gasteiger charge is -2.14. The molecule has 2 aromatic carbocycles. The highest BCUT2D eigenvalue weighted by Crippen LogP contribution is 2.27. The molecule has 0 radical (unpaired) electrons. The molecule has 0 atom stereocenters. The molecule has 0 saturated carbocycles. The van der Waals surface area contributed by atoms with Crippen molar-refractivity contribution in [3.63, 3.8) is 0 Å². The first-order valence-electron chi connectivity index (χ1n) is 8.72. The van der Waals surface area contributed by atoms with Crippen LogP contribution in [0.2, 0.25) is 0 Å². The summed E-state index contributed by atoms with van der Waals surface area (Å²) in [6.45, 7) is 6.23. The van der Waals surface area contributed by atoms with Gasteiger partial charge in [0.2, 0.25) is 0 Å². The Kier molecular flexibility index (Phi) is 7.74. The molecule has 0 heterocycles. The van der Waals surface area contributed by atoms with E-state index in [0.29, 0.717) is 31.4 Å². The smallest absolute Gasteiger partial charge is 0.191 e. The van der Waals surface area contributed by atoms with E-state index in [1.807, 2.05) is 38.1 Å². The molecule has 2 aromatic rings. The number of rotatable bonds is 8. The number of ether oxygens (including phenoxy) is 2. The Hall–Kier alpha value is -2.76. The standard InChI is InChI=1S/C20H26FN3O2/c1-4-22-20(23-13-15-7-6-8-17(21)11-15)24-14-16-9-10-18(25-3)19(12-16)26-5-2/h6-12H,4-5,13-14H2,1-3H3,(H2,22,23,24). The highest BCUT2D eigenvalue weighted by molar-refractivity contribution is 5.79. The van der Waals surface area contributed by atoms with E-state index < -0.39 is 0 Å². The minimum Gasteiger partial charge on any atom is -0.493 e. The molecule has 0 aliphatic heterocycles. The Bertz CT molecular complexity index is 735. The molecule has 26 heavy (non-hydrogen) atoms. The van der Waals surface area contributed by atoms with Gasteiger partial charge in [-0.15, -0.1) is 0 Å². The second kappa shape index (κ2) is 10.3. The van der Waals surface area contributed by atoms with Crippen molar-refractivity contribution < 1.29 is 13.9 Å². The SMILES string of the molecule is CCNC(=NCc1cccc(F)c1)NCc1ccc(OC)c(OCC)c1. The van der Waals surface area contributed by atoms with Crippen molar-refractivity contribution in [2.24, 2.45) is 4.99 Å². The highest BCUT2D eigenvalue weighted by atomic mass is 19.1. The van der Waals surface area contributed by atoms with E-state index >= 15 is 0 Å². The molecule has 0 aliphatic rings.